The van der Waals surface area contributed by atoms with E-state index in [2.05, 4.69) is 12.2 Å². The molecule has 3 nitrogen and oxygen atoms in total. The fourth-order valence-corrected chi connectivity index (χ4v) is 2.95. The normalized spacial score (nSPS) is 34.5. The molecule has 0 amide bonds. The molecule has 3 heteroatoms. The van der Waals surface area contributed by atoms with E-state index in [1.165, 1.54) is 25.7 Å². The van der Waals surface area contributed by atoms with Gasteiger partial charge in [-0.25, -0.2) is 0 Å². The van der Waals surface area contributed by atoms with E-state index < -0.39 is 0 Å². The highest BCUT2D eigenvalue weighted by atomic mass is 16.5. The first-order valence-corrected chi connectivity index (χ1v) is 6.63. The molecule has 2 aliphatic rings. The standard InChI is InChI=1S/C13H25NO2/c1-3-13(10-14-7-9-15-2)6-8-16-12(13)11-4-5-11/h11-12,14H,3-10H2,1-2H3. The molecule has 0 aromatic carbocycles. The van der Waals surface area contributed by atoms with E-state index in [9.17, 15) is 0 Å². The Kier molecular flexibility index (Phi) is 4.22. The van der Waals surface area contributed by atoms with Gasteiger partial charge in [0.2, 0.25) is 0 Å². The van der Waals surface area contributed by atoms with Crippen LogP contribution in [0, 0.1) is 11.3 Å². The molecule has 2 atom stereocenters. The Balaban J connectivity index is 1.84. The lowest BCUT2D eigenvalue weighted by molar-refractivity contribution is 0.0281. The third-order valence-electron chi connectivity index (χ3n) is 4.22. The molecule has 94 valence electrons. The van der Waals surface area contributed by atoms with Gasteiger partial charge in [0.15, 0.2) is 0 Å². The Morgan fingerprint density at radius 1 is 1.44 bits per heavy atom. The van der Waals surface area contributed by atoms with Crippen molar-refractivity contribution in [3.05, 3.63) is 0 Å². The van der Waals surface area contributed by atoms with Crippen molar-refractivity contribution in [1.82, 2.24) is 5.32 Å². The molecule has 2 fully saturated rings. The van der Waals surface area contributed by atoms with E-state index in [4.69, 9.17) is 9.47 Å². The topological polar surface area (TPSA) is 30.5 Å². The Labute approximate surface area is 98.9 Å². The van der Waals surface area contributed by atoms with E-state index in [1.807, 2.05) is 0 Å². The maximum Gasteiger partial charge on any atom is 0.0672 e. The third kappa shape index (κ3) is 2.58. The van der Waals surface area contributed by atoms with Gasteiger partial charge in [-0.2, -0.15) is 0 Å². The summed E-state index contributed by atoms with van der Waals surface area (Å²) in [6, 6.07) is 0. The highest BCUT2D eigenvalue weighted by Gasteiger charge is 2.49. The number of nitrogens with one attached hydrogen (secondary N) is 1. The summed E-state index contributed by atoms with van der Waals surface area (Å²) >= 11 is 0. The van der Waals surface area contributed by atoms with Crippen LogP contribution < -0.4 is 5.32 Å². The molecule has 0 radical (unpaired) electrons. The first kappa shape index (κ1) is 12.3. The van der Waals surface area contributed by atoms with Crippen molar-refractivity contribution in [2.75, 3.05) is 33.4 Å². The molecule has 0 aromatic heterocycles. The Hall–Kier alpha value is -0.120. The zero-order chi connectivity index (χ0) is 11.4. The molecule has 0 spiro atoms. The van der Waals surface area contributed by atoms with Gasteiger partial charge in [-0.15, -0.1) is 0 Å². The Bertz CT molecular complexity index is 218. The van der Waals surface area contributed by atoms with Crippen molar-refractivity contribution in [1.29, 1.82) is 0 Å². The number of ether oxygens (including phenoxy) is 2. The third-order valence-corrected chi connectivity index (χ3v) is 4.22. The van der Waals surface area contributed by atoms with Crippen LogP contribution in [0.25, 0.3) is 0 Å². The van der Waals surface area contributed by atoms with Crippen LogP contribution in [0.4, 0.5) is 0 Å². The average molecular weight is 227 g/mol. The number of hydrogen-bond acceptors (Lipinski definition) is 3. The first-order chi connectivity index (χ1) is 7.82. The van der Waals surface area contributed by atoms with E-state index >= 15 is 0 Å². The van der Waals surface area contributed by atoms with Gasteiger partial charge in [-0.05, 0) is 31.6 Å². The van der Waals surface area contributed by atoms with Gasteiger partial charge in [0.1, 0.15) is 0 Å². The molecule has 1 N–H and O–H groups in total. The molecule has 16 heavy (non-hydrogen) atoms. The highest BCUT2D eigenvalue weighted by molar-refractivity contribution is 4.99. The van der Waals surface area contributed by atoms with Crippen molar-refractivity contribution < 1.29 is 9.47 Å². The minimum absolute atomic E-state index is 0.398. The molecule has 0 bridgehead atoms. The van der Waals surface area contributed by atoms with Crippen molar-refractivity contribution in [2.24, 2.45) is 11.3 Å². The predicted molar refractivity (Wildman–Crippen MR) is 64.6 cm³/mol. The summed E-state index contributed by atoms with van der Waals surface area (Å²) < 4.78 is 11.0. The number of methoxy groups -OCH3 is 1. The summed E-state index contributed by atoms with van der Waals surface area (Å²) in [7, 11) is 1.75. The largest absolute Gasteiger partial charge is 0.383 e. The summed E-state index contributed by atoms with van der Waals surface area (Å²) in [4.78, 5) is 0. The molecule has 2 rings (SSSR count). The lowest BCUT2D eigenvalue weighted by Gasteiger charge is -2.33. The molecular weight excluding hydrogens is 202 g/mol. The summed E-state index contributed by atoms with van der Waals surface area (Å²) in [6.07, 6.45) is 5.74. The predicted octanol–water partition coefficient (Wildman–Crippen LogP) is 1.82. The number of hydrogen-bond donors (Lipinski definition) is 1. The summed E-state index contributed by atoms with van der Waals surface area (Å²) in [5.74, 6) is 0.853. The summed E-state index contributed by atoms with van der Waals surface area (Å²) in [6.45, 7) is 6.11. The van der Waals surface area contributed by atoms with E-state index in [0.29, 0.717) is 11.5 Å². The second-order valence-electron chi connectivity index (χ2n) is 5.26. The molecule has 1 saturated heterocycles. The zero-order valence-corrected chi connectivity index (χ0v) is 10.6. The van der Waals surface area contributed by atoms with Crippen LogP contribution in [0.2, 0.25) is 0 Å². The van der Waals surface area contributed by atoms with Gasteiger partial charge in [0, 0.05) is 32.2 Å². The van der Waals surface area contributed by atoms with Crippen molar-refractivity contribution >= 4 is 0 Å². The average Bonchev–Trinajstić information content (AvgIpc) is 3.06. The van der Waals surface area contributed by atoms with Crippen LogP contribution in [-0.2, 0) is 9.47 Å². The van der Waals surface area contributed by atoms with Crippen molar-refractivity contribution in [2.45, 2.75) is 38.7 Å². The van der Waals surface area contributed by atoms with Gasteiger partial charge in [0.25, 0.3) is 0 Å². The quantitative estimate of drug-likeness (QED) is 0.673. The fraction of sp³-hybridized carbons (Fsp3) is 1.00. The molecule has 2 unspecified atom stereocenters. The van der Waals surface area contributed by atoms with Gasteiger partial charge >= 0.3 is 0 Å². The van der Waals surface area contributed by atoms with Gasteiger partial charge in [0.05, 0.1) is 12.7 Å². The van der Waals surface area contributed by atoms with Gasteiger partial charge in [-0.3, -0.25) is 0 Å². The van der Waals surface area contributed by atoms with E-state index in [1.54, 1.807) is 7.11 Å². The SMILES string of the molecule is CCC1(CNCCOC)CCOC1C1CC1. The second-order valence-corrected chi connectivity index (χ2v) is 5.26. The lowest BCUT2D eigenvalue weighted by atomic mass is 9.76. The smallest absolute Gasteiger partial charge is 0.0672 e. The first-order valence-electron chi connectivity index (χ1n) is 6.63. The Morgan fingerprint density at radius 2 is 2.25 bits per heavy atom. The van der Waals surface area contributed by atoms with Crippen LogP contribution in [0.15, 0.2) is 0 Å². The second kappa shape index (κ2) is 5.48. The maximum atomic E-state index is 5.97. The van der Waals surface area contributed by atoms with Crippen molar-refractivity contribution in [3.63, 3.8) is 0 Å². The van der Waals surface area contributed by atoms with Crippen LogP contribution in [-0.4, -0.2) is 39.5 Å². The number of rotatable bonds is 7. The minimum Gasteiger partial charge on any atom is -0.383 e. The lowest BCUT2D eigenvalue weighted by Crippen LogP contribution is -2.42. The molecule has 1 saturated carbocycles. The van der Waals surface area contributed by atoms with E-state index in [-0.39, 0.29) is 0 Å². The summed E-state index contributed by atoms with van der Waals surface area (Å²) in [5, 5.41) is 3.53. The van der Waals surface area contributed by atoms with Crippen LogP contribution in [0.1, 0.15) is 32.6 Å². The monoisotopic (exact) mass is 227 g/mol. The molecular formula is C13H25NO2. The molecule has 1 aliphatic heterocycles. The van der Waals surface area contributed by atoms with Crippen LogP contribution in [0.5, 0.6) is 0 Å². The van der Waals surface area contributed by atoms with Crippen molar-refractivity contribution in [3.8, 4) is 0 Å². The zero-order valence-electron chi connectivity index (χ0n) is 10.6. The molecule has 1 aliphatic carbocycles. The highest BCUT2D eigenvalue weighted by Crippen LogP contribution is 2.49. The molecule has 0 aromatic rings. The Morgan fingerprint density at radius 3 is 2.88 bits per heavy atom. The maximum absolute atomic E-state index is 5.97. The van der Waals surface area contributed by atoms with E-state index in [0.717, 1.165) is 32.2 Å². The van der Waals surface area contributed by atoms with Gasteiger partial charge < -0.3 is 14.8 Å². The van der Waals surface area contributed by atoms with Crippen LogP contribution in [0.3, 0.4) is 0 Å². The van der Waals surface area contributed by atoms with Gasteiger partial charge in [-0.1, -0.05) is 6.92 Å². The van der Waals surface area contributed by atoms with Crippen LogP contribution >= 0.6 is 0 Å². The fourth-order valence-electron chi connectivity index (χ4n) is 2.95. The summed E-state index contributed by atoms with van der Waals surface area (Å²) in [5.41, 5.74) is 0.398. The molecule has 1 heterocycles. The minimum atomic E-state index is 0.398.